The monoisotopic (exact) mass is 403 g/mol. The van der Waals surface area contributed by atoms with Gasteiger partial charge in [-0.3, -0.25) is 14.9 Å². The Morgan fingerprint density at radius 2 is 2.00 bits per heavy atom. The van der Waals surface area contributed by atoms with Gasteiger partial charge < -0.3 is 5.32 Å². The van der Waals surface area contributed by atoms with Crippen LogP contribution in [-0.4, -0.2) is 16.0 Å². The van der Waals surface area contributed by atoms with Gasteiger partial charge in [0.25, 0.3) is 11.6 Å². The van der Waals surface area contributed by atoms with Crippen LogP contribution < -0.4 is 5.32 Å². The molecule has 1 aliphatic rings. The zero-order valence-electron chi connectivity index (χ0n) is 12.1. The molecule has 0 radical (unpaired) electrons. The van der Waals surface area contributed by atoms with E-state index in [1.165, 1.54) is 12.1 Å². The molecule has 8 heteroatoms. The van der Waals surface area contributed by atoms with E-state index >= 15 is 0 Å². The Hall–Kier alpha value is -2.45. The minimum Gasteiger partial charge on any atom is -0.300 e. The number of hydrogen-bond acceptors (Lipinski definition) is 5. The molecule has 0 unspecified atom stereocenters. The van der Waals surface area contributed by atoms with Gasteiger partial charge in [-0.25, -0.2) is 4.99 Å². The molecule has 1 aliphatic heterocycles. The number of halogens is 1. The minimum atomic E-state index is -0.472. The number of nitro groups is 1. The van der Waals surface area contributed by atoms with E-state index in [-0.39, 0.29) is 11.6 Å². The Morgan fingerprint density at radius 1 is 1.21 bits per heavy atom. The van der Waals surface area contributed by atoms with Gasteiger partial charge in [-0.05, 0) is 42.1 Å². The maximum absolute atomic E-state index is 12.1. The number of amides is 1. The third kappa shape index (κ3) is 3.72. The van der Waals surface area contributed by atoms with Crippen LogP contribution in [0, 0.1) is 10.1 Å². The zero-order chi connectivity index (χ0) is 17.1. The molecule has 2 aromatic rings. The number of aliphatic imine (C=N–C) groups is 1. The molecule has 0 aliphatic carbocycles. The summed E-state index contributed by atoms with van der Waals surface area (Å²) in [6, 6.07) is 13.6. The number of nitrogens with one attached hydrogen (secondary N) is 1. The Kier molecular flexibility index (Phi) is 4.77. The molecule has 1 amide bonds. The number of benzene rings is 2. The first-order chi connectivity index (χ1) is 11.5. The maximum Gasteiger partial charge on any atom is 0.276 e. The molecule has 0 aromatic heterocycles. The molecule has 1 saturated heterocycles. The van der Waals surface area contributed by atoms with Crippen LogP contribution in [0.4, 0.5) is 11.4 Å². The van der Waals surface area contributed by atoms with Crippen LogP contribution in [0.1, 0.15) is 5.56 Å². The number of amidine groups is 1. The summed E-state index contributed by atoms with van der Waals surface area (Å²) in [5.74, 6) is -0.327. The Labute approximate surface area is 150 Å². The first kappa shape index (κ1) is 16.4. The van der Waals surface area contributed by atoms with Crippen LogP contribution in [0.2, 0.25) is 0 Å². The summed E-state index contributed by atoms with van der Waals surface area (Å²) in [7, 11) is 0. The fourth-order valence-electron chi connectivity index (χ4n) is 2.06. The van der Waals surface area contributed by atoms with Crippen LogP contribution in [-0.2, 0) is 4.79 Å². The molecule has 0 atom stereocenters. The molecule has 6 nitrogen and oxygen atoms in total. The summed E-state index contributed by atoms with van der Waals surface area (Å²) in [6.45, 7) is 0. The second kappa shape index (κ2) is 6.98. The summed E-state index contributed by atoms with van der Waals surface area (Å²) in [4.78, 5) is 27.4. The van der Waals surface area contributed by atoms with Crippen molar-refractivity contribution in [2.75, 3.05) is 0 Å². The third-order valence-electron chi connectivity index (χ3n) is 3.11. The largest absolute Gasteiger partial charge is 0.300 e. The smallest absolute Gasteiger partial charge is 0.276 e. The lowest BCUT2D eigenvalue weighted by atomic mass is 10.1. The van der Waals surface area contributed by atoms with Crippen LogP contribution in [0.15, 0.2) is 62.9 Å². The van der Waals surface area contributed by atoms with E-state index in [1.807, 2.05) is 24.3 Å². The topological polar surface area (TPSA) is 84.6 Å². The standard InChI is InChI=1S/C16H10BrN3O3S/c17-11-5-3-6-12(9-11)18-16-19-15(21)14(24-16)8-10-4-1-2-7-13(10)20(22)23/h1-9H,(H,18,19,21). The highest BCUT2D eigenvalue weighted by atomic mass is 79.9. The van der Waals surface area contributed by atoms with Crippen LogP contribution in [0.25, 0.3) is 6.08 Å². The summed E-state index contributed by atoms with van der Waals surface area (Å²) >= 11 is 4.51. The third-order valence-corrected chi connectivity index (χ3v) is 4.51. The van der Waals surface area contributed by atoms with E-state index in [4.69, 9.17) is 0 Å². The highest BCUT2D eigenvalue weighted by molar-refractivity contribution is 9.10. The SMILES string of the molecule is O=C1NC(=Nc2cccc(Br)c2)SC1=Cc1ccccc1[N+](=O)[O-]. The average Bonchev–Trinajstić information content (AvgIpc) is 2.87. The number of nitrogens with zero attached hydrogens (tertiary/aromatic N) is 2. The molecule has 0 bridgehead atoms. The molecular weight excluding hydrogens is 394 g/mol. The van der Waals surface area contributed by atoms with Crippen molar-refractivity contribution < 1.29 is 9.72 Å². The van der Waals surface area contributed by atoms with E-state index in [0.29, 0.717) is 21.3 Å². The number of nitro benzene ring substituents is 1. The summed E-state index contributed by atoms with van der Waals surface area (Å²) in [6.07, 6.45) is 1.50. The summed E-state index contributed by atoms with van der Waals surface area (Å²) < 4.78 is 0.884. The van der Waals surface area contributed by atoms with Crippen molar-refractivity contribution in [3.63, 3.8) is 0 Å². The summed E-state index contributed by atoms with van der Waals surface area (Å²) in [5, 5.41) is 14.1. The second-order valence-electron chi connectivity index (χ2n) is 4.78. The minimum absolute atomic E-state index is 0.0456. The quantitative estimate of drug-likeness (QED) is 0.471. The summed E-state index contributed by atoms with van der Waals surface area (Å²) in [5.41, 5.74) is 1.03. The molecule has 120 valence electrons. The van der Waals surface area contributed by atoms with Crippen molar-refractivity contribution in [2.45, 2.75) is 0 Å². The molecule has 2 aromatic carbocycles. The average molecular weight is 404 g/mol. The normalized spacial score (nSPS) is 17.3. The number of para-hydroxylation sites is 1. The van der Waals surface area contributed by atoms with Gasteiger partial charge in [-0.1, -0.05) is 34.1 Å². The lowest BCUT2D eigenvalue weighted by molar-refractivity contribution is -0.385. The molecule has 1 N–H and O–H groups in total. The number of hydrogen-bond donors (Lipinski definition) is 1. The van der Waals surface area contributed by atoms with Gasteiger partial charge in [0.15, 0.2) is 5.17 Å². The number of carbonyl (C=O) groups excluding carboxylic acids is 1. The van der Waals surface area contributed by atoms with Gasteiger partial charge in [0.05, 0.1) is 21.1 Å². The van der Waals surface area contributed by atoms with Crippen molar-refractivity contribution >= 4 is 56.2 Å². The lowest BCUT2D eigenvalue weighted by Crippen LogP contribution is -2.19. The van der Waals surface area contributed by atoms with Crippen molar-refractivity contribution in [3.8, 4) is 0 Å². The van der Waals surface area contributed by atoms with Crippen molar-refractivity contribution in [3.05, 3.63) is 73.6 Å². The van der Waals surface area contributed by atoms with Gasteiger partial charge >= 0.3 is 0 Å². The fourth-order valence-corrected chi connectivity index (χ4v) is 3.28. The van der Waals surface area contributed by atoms with E-state index in [0.717, 1.165) is 16.2 Å². The Balaban J connectivity index is 1.89. The lowest BCUT2D eigenvalue weighted by Gasteiger charge is -1.97. The van der Waals surface area contributed by atoms with Crippen LogP contribution in [0.5, 0.6) is 0 Å². The van der Waals surface area contributed by atoms with Gasteiger partial charge in [0.1, 0.15) is 0 Å². The van der Waals surface area contributed by atoms with Crippen molar-refractivity contribution in [1.29, 1.82) is 0 Å². The van der Waals surface area contributed by atoms with Crippen molar-refractivity contribution in [2.24, 2.45) is 4.99 Å². The predicted octanol–water partition coefficient (Wildman–Crippen LogP) is 4.25. The molecule has 0 spiro atoms. The highest BCUT2D eigenvalue weighted by Gasteiger charge is 2.25. The molecule has 0 saturated carbocycles. The second-order valence-corrected chi connectivity index (χ2v) is 6.72. The van der Waals surface area contributed by atoms with Gasteiger partial charge in [-0.2, -0.15) is 0 Å². The predicted molar refractivity (Wildman–Crippen MR) is 98.0 cm³/mol. The maximum atomic E-state index is 12.1. The molecular formula is C16H10BrN3O3S. The number of rotatable bonds is 3. The van der Waals surface area contributed by atoms with Gasteiger partial charge in [0, 0.05) is 10.5 Å². The van der Waals surface area contributed by atoms with E-state index < -0.39 is 4.92 Å². The van der Waals surface area contributed by atoms with Crippen LogP contribution in [0.3, 0.4) is 0 Å². The van der Waals surface area contributed by atoms with Gasteiger partial charge in [-0.15, -0.1) is 0 Å². The molecule has 1 fully saturated rings. The first-order valence-corrected chi connectivity index (χ1v) is 8.42. The number of carbonyl (C=O) groups is 1. The zero-order valence-corrected chi connectivity index (χ0v) is 14.5. The Morgan fingerprint density at radius 3 is 2.75 bits per heavy atom. The molecule has 3 rings (SSSR count). The van der Waals surface area contributed by atoms with E-state index in [2.05, 4.69) is 26.2 Å². The molecule has 1 heterocycles. The Bertz CT molecular complexity index is 896. The van der Waals surface area contributed by atoms with Gasteiger partial charge in [0.2, 0.25) is 0 Å². The first-order valence-electron chi connectivity index (χ1n) is 6.81. The number of thioether (sulfide) groups is 1. The molecule has 24 heavy (non-hydrogen) atoms. The highest BCUT2D eigenvalue weighted by Crippen LogP contribution is 2.30. The van der Waals surface area contributed by atoms with E-state index in [9.17, 15) is 14.9 Å². The van der Waals surface area contributed by atoms with E-state index in [1.54, 1.807) is 18.2 Å². The van der Waals surface area contributed by atoms with Crippen molar-refractivity contribution in [1.82, 2.24) is 5.32 Å². The fraction of sp³-hybridized carbons (Fsp3) is 0. The van der Waals surface area contributed by atoms with Crippen LogP contribution >= 0.6 is 27.7 Å².